The van der Waals surface area contributed by atoms with Crippen LogP contribution < -0.4 is 5.32 Å². The Balaban J connectivity index is 2.41. The van der Waals surface area contributed by atoms with Crippen molar-refractivity contribution in [1.82, 2.24) is 4.98 Å². The summed E-state index contributed by atoms with van der Waals surface area (Å²) in [6, 6.07) is 8.80. The third-order valence-electron chi connectivity index (χ3n) is 2.03. The standard InChI is InChI=1S/C11H13BrN2/c1-7(2)13-11-6-8-5-9(12)3-4-10(8)14-11/h3-7,13-14H,1-2H3. The number of anilines is 1. The first-order chi connectivity index (χ1) is 6.65. The molecule has 0 saturated heterocycles. The molecule has 1 aromatic carbocycles. The van der Waals surface area contributed by atoms with Gasteiger partial charge in [0, 0.05) is 21.4 Å². The molecule has 0 spiro atoms. The first-order valence-corrected chi connectivity index (χ1v) is 5.49. The Bertz CT molecular complexity index is 445. The minimum Gasteiger partial charge on any atom is -0.369 e. The van der Waals surface area contributed by atoms with Crippen LogP contribution in [0.25, 0.3) is 10.9 Å². The molecule has 2 nitrogen and oxygen atoms in total. The van der Waals surface area contributed by atoms with E-state index < -0.39 is 0 Å². The maximum absolute atomic E-state index is 3.46. The second-order valence-electron chi connectivity index (χ2n) is 3.71. The molecule has 1 heterocycles. The van der Waals surface area contributed by atoms with Gasteiger partial charge in [-0.2, -0.15) is 0 Å². The lowest BCUT2D eigenvalue weighted by Crippen LogP contribution is -2.09. The predicted octanol–water partition coefficient (Wildman–Crippen LogP) is 3.75. The van der Waals surface area contributed by atoms with Gasteiger partial charge in [-0.25, -0.2) is 0 Å². The van der Waals surface area contributed by atoms with Crippen molar-refractivity contribution in [3.05, 3.63) is 28.7 Å². The van der Waals surface area contributed by atoms with E-state index in [-0.39, 0.29) is 0 Å². The molecule has 0 atom stereocenters. The highest BCUT2D eigenvalue weighted by Crippen LogP contribution is 2.22. The summed E-state index contributed by atoms with van der Waals surface area (Å²) in [7, 11) is 0. The normalized spacial score (nSPS) is 11.1. The number of benzene rings is 1. The van der Waals surface area contributed by atoms with Crippen LogP contribution in [-0.4, -0.2) is 11.0 Å². The van der Waals surface area contributed by atoms with Crippen molar-refractivity contribution in [3.63, 3.8) is 0 Å². The fraction of sp³-hybridized carbons (Fsp3) is 0.273. The van der Waals surface area contributed by atoms with Crippen molar-refractivity contribution in [2.24, 2.45) is 0 Å². The minimum absolute atomic E-state index is 0.450. The molecule has 0 bridgehead atoms. The zero-order valence-corrected chi connectivity index (χ0v) is 9.85. The van der Waals surface area contributed by atoms with Gasteiger partial charge in [0.25, 0.3) is 0 Å². The Morgan fingerprint density at radius 2 is 2.07 bits per heavy atom. The molecular weight excluding hydrogens is 240 g/mol. The van der Waals surface area contributed by atoms with E-state index in [2.05, 4.69) is 58.3 Å². The first-order valence-electron chi connectivity index (χ1n) is 4.70. The Labute approximate surface area is 91.8 Å². The number of hydrogen-bond donors (Lipinski definition) is 2. The maximum Gasteiger partial charge on any atom is 0.104 e. The first kappa shape index (κ1) is 9.59. The van der Waals surface area contributed by atoms with Gasteiger partial charge in [0.15, 0.2) is 0 Å². The molecule has 14 heavy (non-hydrogen) atoms. The molecule has 1 aromatic heterocycles. The van der Waals surface area contributed by atoms with Gasteiger partial charge in [0.2, 0.25) is 0 Å². The van der Waals surface area contributed by atoms with Crippen LogP contribution in [0, 0.1) is 0 Å². The van der Waals surface area contributed by atoms with Crippen LogP contribution in [0.4, 0.5) is 5.82 Å². The zero-order chi connectivity index (χ0) is 10.1. The monoisotopic (exact) mass is 252 g/mol. The van der Waals surface area contributed by atoms with Crippen LogP contribution >= 0.6 is 15.9 Å². The molecule has 0 amide bonds. The third kappa shape index (κ3) is 1.93. The summed E-state index contributed by atoms with van der Waals surface area (Å²) in [6.45, 7) is 4.25. The number of rotatable bonds is 2. The lowest BCUT2D eigenvalue weighted by Gasteiger charge is -2.05. The molecule has 0 unspecified atom stereocenters. The van der Waals surface area contributed by atoms with E-state index in [4.69, 9.17) is 0 Å². The van der Waals surface area contributed by atoms with E-state index in [1.807, 2.05) is 6.07 Å². The van der Waals surface area contributed by atoms with E-state index in [9.17, 15) is 0 Å². The van der Waals surface area contributed by atoms with Crippen molar-refractivity contribution >= 4 is 32.7 Å². The van der Waals surface area contributed by atoms with E-state index in [0.29, 0.717) is 6.04 Å². The van der Waals surface area contributed by atoms with Crippen LogP contribution in [0.15, 0.2) is 28.7 Å². The molecule has 0 aliphatic carbocycles. The molecular formula is C11H13BrN2. The average molecular weight is 253 g/mol. The van der Waals surface area contributed by atoms with E-state index >= 15 is 0 Å². The van der Waals surface area contributed by atoms with Crippen molar-refractivity contribution in [2.45, 2.75) is 19.9 Å². The molecule has 0 aliphatic heterocycles. The van der Waals surface area contributed by atoms with Gasteiger partial charge >= 0.3 is 0 Å². The number of halogens is 1. The summed E-state index contributed by atoms with van der Waals surface area (Å²) in [5, 5.41) is 4.57. The smallest absolute Gasteiger partial charge is 0.104 e. The molecule has 0 fully saturated rings. The second kappa shape index (κ2) is 3.65. The average Bonchev–Trinajstić information content (AvgIpc) is 2.44. The molecule has 2 rings (SSSR count). The largest absolute Gasteiger partial charge is 0.369 e. The fourth-order valence-electron chi connectivity index (χ4n) is 1.49. The molecule has 0 saturated carbocycles. The van der Waals surface area contributed by atoms with Crippen LogP contribution in [0.2, 0.25) is 0 Å². The van der Waals surface area contributed by atoms with Crippen molar-refractivity contribution in [2.75, 3.05) is 5.32 Å². The van der Waals surface area contributed by atoms with Crippen LogP contribution in [0.5, 0.6) is 0 Å². The van der Waals surface area contributed by atoms with Gasteiger partial charge in [-0.3, -0.25) is 0 Å². The minimum atomic E-state index is 0.450. The molecule has 2 N–H and O–H groups in total. The van der Waals surface area contributed by atoms with Gasteiger partial charge in [-0.15, -0.1) is 0 Å². The fourth-order valence-corrected chi connectivity index (χ4v) is 1.87. The Morgan fingerprint density at radius 1 is 1.29 bits per heavy atom. The van der Waals surface area contributed by atoms with Gasteiger partial charge in [0.1, 0.15) is 5.82 Å². The Hall–Kier alpha value is -0.960. The number of hydrogen-bond acceptors (Lipinski definition) is 1. The number of aromatic amines is 1. The molecule has 3 heteroatoms. The zero-order valence-electron chi connectivity index (χ0n) is 8.26. The maximum atomic E-state index is 3.46. The number of fused-ring (bicyclic) bond motifs is 1. The second-order valence-corrected chi connectivity index (χ2v) is 4.63. The number of H-pyrrole nitrogens is 1. The summed E-state index contributed by atoms with van der Waals surface area (Å²) in [6.07, 6.45) is 0. The van der Waals surface area contributed by atoms with Gasteiger partial charge < -0.3 is 10.3 Å². The quantitative estimate of drug-likeness (QED) is 0.838. The predicted molar refractivity (Wildman–Crippen MR) is 64.8 cm³/mol. The van der Waals surface area contributed by atoms with Crippen molar-refractivity contribution < 1.29 is 0 Å². The van der Waals surface area contributed by atoms with Gasteiger partial charge in [-0.1, -0.05) is 15.9 Å². The topological polar surface area (TPSA) is 27.8 Å². The molecule has 0 radical (unpaired) electrons. The molecule has 0 aliphatic rings. The number of nitrogens with one attached hydrogen (secondary N) is 2. The van der Waals surface area contributed by atoms with E-state index in [1.165, 1.54) is 5.39 Å². The third-order valence-corrected chi connectivity index (χ3v) is 2.52. The van der Waals surface area contributed by atoms with Gasteiger partial charge in [0.05, 0.1) is 0 Å². The highest BCUT2D eigenvalue weighted by atomic mass is 79.9. The van der Waals surface area contributed by atoms with E-state index in [0.717, 1.165) is 15.8 Å². The molecule has 2 aromatic rings. The SMILES string of the molecule is CC(C)Nc1cc2cc(Br)ccc2[nH]1. The molecule has 74 valence electrons. The summed E-state index contributed by atoms with van der Waals surface area (Å²) < 4.78 is 1.11. The van der Waals surface area contributed by atoms with Crippen LogP contribution in [-0.2, 0) is 0 Å². The Kier molecular flexibility index (Phi) is 2.50. The van der Waals surface area contributed by atoms with Crippen LogP contribution in [0.3, 0.4) is 0 Å². The summed E-state index contributed by atoms with van der Waals surface area (Å²) in [5.74, 6) is 1.08. The summed E-state index contributed by atoms with van der Waals surface area (Å²) in [4.78, 5) is 3.32. The lowest BCUT2D eigenvalue weighted by molar-refractivity contribution is 0.893. The summed E-state index contributed by atoms with van der Waals surface area (Å²) in [5.41, 5.74) is 1.16. The van der Waals surface area contributed by atoms with Gasteiger partial charge in [-0.05, 0) is 38.1 Å². The van der Waals surface area contributed by atoms with Crippen molar-refractivity contribution in [3.8, 4) is 0 Å². The Morgan fingerprint density at radius 3 is 2.79 bits per heavy atom. The highest BCUT2D eigenvalue weighted by molar-refractivity contribution is 9.10. The van der Waals surface area contributed by atoms with Crippen LogP contribution in [0.1, 0.15) is 13.8 Å². The van der Waals surface area contributed by atoms with Crippen molar-refractivity contribution in [1.29, 1.82) is 0 Å². The van der Waals surface area contributed by atoms with E-state index in [1.54, 1.807) is 0 Å². The lowest BCUT2D eigenvalue weighted by atomic mass is 10.2. The summed E-state index contributed by atoms with van der Waals surface area (Å²) >= 11 is 3.46. The number of aromatic nitrogens is 1. The highest BCUT2D eigenvalue weighted by Gasteiger charge is 2.01.